The molecule has 0 fully saturated rings. The van der Waals surface area contributed by atoms with E-state index in [4.69, 9.17) is 5.73 Å². The zero-order chi connectivity index (χ0) is 11.9. The van der Waals surface area contributed by atoms with Gasteiger partial charge in [0.1, 0.15) is 9.71 Å². The fraction of sp³-hybridized carbons (Fsp3) is 0.200. The van der Waals surface area contributed by atoms with Crippen molar-refractivity contribution < 1.29 is 9.53 Å². The first-order chi connectivity index (χ1) is 7.54. The van der Waals surface area contributed by atoms with Crippen LogP contribution >= 0.6 is 11.3 Å². The zero-order valence-electron chi connectivity index (χ0n) is 8.79. The fourth-order valence-electron chi connectivity index (χ4n) is 1.58. The SMILES string of the molecule is COC(=O)c1sc2[nH]c(=O)cc(C)c2c1N. The van der Waals surface area contributed by atoms with E-state index >= 15 is 0 Å². The number of aromatic nitrogens is 1. The number of carbonyl (C=O) groups is 1. The first-order valence-electron chi connectivity index (χ1n) is 4.54. The van der Waals surface area contributed by atoms with Crippen molar-refractivity contribution in [1.82, 2.24) is 4.98 Å². The van der Waals surface area contributed by atoms with E-state index in [1.807, 2.05) is 0 Å². The molecule has 0 aromatic carbocycles. The van der Waals surface area contributed by atoms with Crippen LogP contribution in [0.15, 0.2) is 10.9 Å². The Hall–Kier alpha value is -1.82. The maximum absolute atomic E-state index is 11.4. The number of nitrogens with one attached hydrogen (secondary N) is 1. The van der Waals surface area contributed by atoms with E-state index in [0.29, 0.717) is 20.8 Å². The smallest absolute Gasteiger partial charge is 0.350 e. The molecule has 0 amide bonds. The van der Waals surface area contributed by atoms with Gasteiger partial charge in [-0.3, -0.25) is 4.79 Å². The third-order valence-corrected chi connectivity index (χ3v) is 3.40. The van der Waals surface area contributed by atoms with Crippen molar-refractivity contribution in [2.24, 2.45) is 0 Å². The average molecular weight is 238 g/mol. The van der Waals surface area contributed by atoms with E-state index in [1.165, 1.54) is 13.2 Å². The third-order valence-electron chi connectivity index (χ3n) is 2.29. The van der Waals surface area contributed by atoms with Gasteiger partial charge in [0.05, 0.1) is 12.8 Å². The number of H-pyrrole nitrogens is 1. The largest absolute Gasteiger partial charge is 0.465 e. The second-order valence-corrected chi connectivity index (χ2v) is 4.38. The Morgan fingerprint density at radius 2 is 2.25 bits per heavy atom. The molecule has 2 aromatic rings. The minimum absolute atomic E-state index is 0.206. The van der Waals surface area contributed by atoms with Gasteiger partial charge in [-0.15, -0.1) is 11.3 Å². The Bertz CT molecular complexity index is 627. The quantitative estimate of drug-likeness (QED) is 0.732. The summed E-state index contributed by atoms with van der Waals surface area (Å²) >= 11 is 1.13. The number of aryl methyl sites for hydroxylation is 1. The van der Waals surface area contributed by atoms with E-state index in [0.717, 1.165) is 16.9 Å². The highest BCUT2D eigenvalue weighted by Gasteiger charge is 2.18. The average Bonchev–Trinajstić information content (AvgIpc) is 2.54. The number of hydrogen-bond acceptors (Lipinski definition) is 5. The molecule has 0 aliphatic heterocycles. The molecule has 0 saturated heterocycles. The van der Waals surface area contributed by atoms with E-state index in [9.17, 15) is 9.59 Å². The van der Waals surface area contributed by atoms with Crippen molar-refractivity contribution in [3.05, 3.63) is 26.9 Å². The zero-order valence-corrected chi connectivity index (χ0v) is 9.60. The lowest BCUT2D eigenvalue weighted by Gasteiger charge is -1.97. The molecular weight excluding hydrogens is 228 g/mol. The summed E-state index contributed by atoms with van der Waals surface area (Å²) in [5.41, 5.74) is 6.76. The second-order valence-electron chi connectivity index (χ2n) is 3.36. The maximum atomic E-state index is 11.4. The topological polar surface area (TPSA) is 85.2 Å². The molecule has 0 radical (unpaired) electrons. The van der Waals surface area contributed by atoms with Crippen molar-refractivity contribution in [2.75, 3.05) is 12.8 Å². The minimum atomic E-state index is -0.487. The Labute approximate surface area is 94.8 Å². The van der Waals surface area contributed by atoms with Gasteiger partial charge in [-0.2, -0.15) is 0 Å². The van der Waals surface area contributed by atoms with Gasteiger partial charge in [-0.25, -0.2) is 4.79 Å². The number of rotatable bonds is 1. The molecule has 84 valence electrons. The lowest BCUT2D eigenvalue weighted by atomic mass is 10.2. The number of anilines is 1. The molecular formula is C10H10N2O3S. The van der Waals surface area contributed by atoms with Gasteiger partial charge < -0.3 is 15.5 Å². The summed E-state index contributed by atoms with van der Waals surface area (Å²) in [6, 6.07) is 1.45. The number of carbonyl (C=O) groups excluding carboxylic acids is 1. The molecule has 0 aliphatic carbocycles. The first-order valence-corrected chi connectivity index (χ1v) is 5.36. The Morgan fingerprint density at radius 3 is 2.88 bits per heavy atom. The number of thiophene rings is 1. The molecule has 0 bridgehead atoms. The normalized spacial score (nSPS) is 10.6. The Morgan fingerprint density at radius 1 is 1.56 bits per heavy atom. The molecule has 5 nitrogen and oxygen atoms in total. The molecule has 16 heavy (non-hydrogen) atoms. The van der Waals surface area contributed by atoms with E-state index in [-0.39, 0.29) is 5.56 Å². The number of fused-ring (bicyclic) bond motifs is 1. The summed E-state index contributed by atoms with van der Waals surface area (Å²) in [5, 5.41) is 0.713. The van der Waals surface area contributed by atoms with Gasteiger partial charge in [0.2, 0.25) is 5.56 Å². The number of hydrogen-bond donors (Lipinski definition) is 2. The van der Waals surface area contributed by atoms with Crippen LogP contribution in [0.3, 0.4) is 0 Å². The van der Waals surface area contributed by atoms with Crippen LogP contribution in [0.2, 0.25) is 0 Å². The van der Waals surface area contributed by atoms with Crippen LogP contribution in [-0.4, -0.2) is 18.1 Å². The number of esters is 1. The number of aromatic amines is 1. The van der Waals surface area contributed by atoms with Gasteiger partial charge in [-0.1, -0.05) is 0 Å². The van der Waals surface area contributed by atoms with Gasteiger partial charge >= 0.3 is 5.97 Å². The van der Waals surface area contributed by atoms with Crippen LogP contribution in [0.5, 0.6) is 0 Å². The Kier molecular flexibility index (Phi) is 2.43. The van der Waals surface area contributed by atoms with Crippen molar-refractivity contribution in [3.8, 4) is 0 Å². The fourth-order valence-corrected chi connectivity index (χ4v) is 2.69. The van der Waals surface area contributed by atoms with Crippen LogP contribution in [0, 0.1) is 6.92 Å². The van der Waals surface area contributed by atoms with Gasteiger partial charge in [0.25, 0.3) is 0 Å². The van der Waals surface area contributed by atoms with E-state index in [2.05, 4.69) is 9.72 Å². The molecule has 2 rings (SSSR count). The molecule has 3 N–H and O–H groups in total. The summed E-state index contributed by atoms with van der Waals surface area (Å²) in [6.45, 7) is 1.78. The minimum Gasteiger partial charge on any atom is -0.465 e. The van der Waals surface area contributed by atoms with Gasteiger partial charge in [-0.05, 0) is 12.5 Å². The van der Waals surface area contributed by atoms with Crippen molar-refractivity contribution in [3.63, 3.8) is 0 Å². The van der Waals surface area contributed by atoms with Crippen LogP contribution in [0.4, 0.5) is 5.69 Å². The monoisotopic (exact) mass is 238 g/mol. The maximum Gasteiger partial charge on any atom is 0.350 e. The molecule has 6 heteroatoms. The summed E-state index contributed by atoms with van der Waals surface area (Å²) in [5.74, 6) is -0.487. The number of nitrogens with two attached hydrogens (primary N) is 1. The molecule has 2 heterocycles. The highest BCUT2D eigenvalue weighted by Crippen LogP contribution is 2.33. The molecule has 0 spiro atoms. The van der Waals surface area contributed by atoms with Crippen LogP contribution in [-0.2, 0) is 4.74 Å². The van der Waals surface area contributed by atoms with Crippen LogP contribution < -0.4 is 11.3 Å². The van der Waals surface area contributed by atoms with Crippen LogP contribution in [0.1, 0.15) is 15.2 Å². The highest BCUT2D eigenvalue weighted by molar-refractivity contribution is 7.21. The molecule has 0 unspecified atom stereocenters. The van der Waals surface area contributed by atoms with Crippen molar-refractivity contribution in [2.45, 2.75) is 6.92 Å². The first kappa shape index (κ1) is 10.7. The summed E-state index contributed by atoms with van der Waals surface area (Å²) in [6.07, 6.45) is 0. The van der Waals surface area contributed by atoms with E-state index in [1.54, 1.807) is 6.92 Å². The van der Waals surface area contributed by atoms with Crippen LogP contribution in [0.25, 0.3) is 10.2 Å². The summed E-state index contributed by atoms with van der Waals surface area (Å²) in [4.78, 5) is 26.2. The van der Waals surface area contributed by atoms with Crippen molar-refractivity contribution in [1.29, 1.82) is 0 Å². The lowest BCUT2D eigenvalue weighted by molar-refractivity contribution is 0.0607. The highest BCUT2D eigenvalue weighted by atomic mass is 32.1. The molecule has 0 atom stereocenters. The molecule has 2 aromatic heterocycles. The number of nitrogen functional groups attached to an aromatic ring is 1. The van der Waals surface area contributed by atoms with Gasteiger partial charge in [0, 0.05) is 11.5 Å². The predicted octanol–water partition coefficient (Wildman–Crippen LogP) is 1.27. The predicted molar refractivity (Wildman–Crippen MR) is 62.9 cm³/mol. The third kappa shape index (κ3) is 1.47. The molecule has 0 aliphatic rings. The molecule has 0 saturated carbocycles. The standard InChI is InChI=1S/C10H10N2O3S/c1-4-3-5(13)12-9-6(4)7(11)8(16-9)10(14)15-2/h3H,11H2,1-2H3,(H,12,13). The number of pyridine rings is 1. The lowest BCUT2D eigenvalue weighted by Crippen LogP contribution is -2.04. The van der Waals surface area contributed by atoms with Crippen molar-refractivity contribution >= 4 is 33.2 Å². The summed E-state index contributed by atoms with van der Waals surface area (Å²) in [7, 11) is 1.29. The van der Waals surface area contributed by atoms with Gasteiger partial charge in [0.15, 0.2) is 0 Å². The summed E-state index contributed by atoms with van der Waals surface area (Å²) < 4.78 is 4.62. The number of ether oxygens (including phenoxy) is 1. The Balaban J connectivity index is 2.83. The second kappa shape index (κ2) is 3.64. The number of methoxy groups -OCH3 is 1. The van der Waals surface area contributed by atoms with E-state index < -0.39 is 5.97 Å².